The molecule has 1 N–H and O–H groups in total. The third-order valence-corrected chi connectivity index (χ3v) is 10.6. The molecule has 0 heterocycles. The van der Waals surface area contributed by atoms with E-state index in [1.807, 2.05) is 0 Å². The summed E-state index contributed by atoms with van der Waals surface area (Å²) in [6.45, 7) is 6.50. The highest BCUT2D eigenvalue weighted by Gasteiger charge is 2.78. The first kappa shape index (κ1) is 28.0. The second-order valence-electron chi connectivity index (χ2n) is 11.6. The van der Waals surface area contributed by atoms with Crippen molar-refractivity contribution in [2.24, 2.45) is 28.6 Å². The molecular formula is C27H35F2NO6S. The predicted molar refractivity (Wildman–Crippen MR) is 134 cm³/mol. The monoisotopic (exact) mass is 539 g/mol. The van der Waals surface area contributed by atoms with Gasteiger partial charge in [-0.25, -0.2) is 8.78 Å². The van der Waals surface area contributed by atoms with Crippen molar-refractivity contribution in [3.05, 3.63) is 23.8 Å². The van der Waals surface area contributed by atoms with E-state index in [0.717, 1.165) is 6.08 Å². The average Bonchev–Trinajstić information content (AvgIpc) is 3.04. The minimum Gasteiger partial charge on any atom is -0.449 e. The third kappa shape index (κ3) is 3.61. The van der Waals surface area contributed by atoms with E-state index in [4.69, 9.17) is 4.74 Å². The molecule has 10 heteroatoms. The van der Waals surface area contributed by atoms with Gasteiger partial charge in [-0.2, -0.15) is 0 Å². The lowest BCUT2D eigenvalue weighted by atomic mass is 9.44. The molecule has 0 spiro atoms. The number of ketones is 1. The Morgan fingerprint density at radius 2 is 1.86 bits per heavy atom. The highest BCUT2D eigenvalue weighted by atomic mass is 32.2. The van der Waals surface area contributed by atoms with E-state index in [1.54, 1.807) is 20.8 Å². The van der Waals surface area contributed by atoms with Crippen LogP contribution in [0, 0.1) is 28.6 Å². The van der Waals surface area contributed by atoms with E-state index in [9.17, 15) is 24.3 Å². The van der Waals surface area contributed by atoms with Gasteiger partial charge < -0.3 is 14.7 Å². The van der Waals surface area contributed by atoms with Crippen LogP contribution in [0.2, 0.25) is 0 Å². The molecule has 37 heavy (non-hydrogen) atoms. The molecule has 0 aromatic carbocycles. The van der Waals surface area contributed by atoms with Crippen LogP contribution < -0.4 is 0 Å². The number of nitrogens with zero attached hydrogens (tertiary/aromatic N) is 1. The molecule has 4 rings (SSSR count). The number of amides is 1. The van der Waals surface area contributed by atoms with Gasteiger partial charge in [0.2, 0.25) is 5.12 Å². The lowest BCUT2D eigenvalue weighted by Gasteiger charge is -2.63. The van der Waals surface area contributed by atoms with Crippen molar-refractivity contribution in [3.8, 4) is 0 Å². The highest BCUT2D eigenvalue weighted by Crippen LogP contribution is 2.72. The van der Waals surface area contributed by atoms with Crippen molar-refractivity contribution in [1.29, 1.82) is 0 Å². The minimum absolute atomic E-state index is 0.0133. The Bertz CT molecular complexity index is 1110. The van der Waals surface area contributed by atoms with E-state index < -0.39 is 74.2 Å². The standard InChI is InChI=1S/C27H35F2NO6S/c1-7-21(33)36-27(22(34)37-23(35)30(5)6)14(2)10-16-17-12-19(28)18-11-15(31)8-9-24(18,3)26(17,29)20(32)13-25(16,27)4/h8-9,11,14,16-17,19-20,32H,7,10,12-13H2,1-6H3/t14-,16+,17+,19+,20+,24?,25+,26+,27+/m1/s1. The summed E-state index contributed by atoms with van der Waals surface area (Å²) in [7, 11) is 2.99. The lowest BCUT2D eigenvalue weighted by molar-refractivity contribution is -0.228. The maximum absolute atomic E-state index is 17.4. The van der Waals surface area contributed by atoms with E-state index in [-0.39, 0.29) is 31.3 Å². The van der Waals surface area contributed by atoms with Crippen LogP contribution in [0.5, 0.6) is 0 Å². The number of aliphatic hydroxyl groups excluding tert-OH is 1. The number of thioether (sulfide) groups is 1. The second kappa shape index (κ2) is 9.00. The number of aliphatic hydroxyl groups is 1. The summed E-state index contributed by atoms with van der Waals surface area (Å²) in [4.78, 5) is 52.3. The average molecular weight is 540 g/mol. The van der Waals surface area contributed by atoms with Gasteiger partial charge in [-0.3, -0.25) is 19.2 Å². The normalized spacial score (nSPS) is 44.3. The summed E-state index contributed by atoms with van der Waals surface area (Å²) < 4.78 is 39.0. The molecule has 0 saturated heterocycles. The summed E-state index contributed by atoms with van der Waals surface area (Å²) in [6.07, 6.45) is 0.118. The number of carbonyl (C=O) groups is 4. The number of hydrogen-bond acceptors (Lipinski definition) is 7. The zero-order valence-electron chi connectivity index (χ0n) is 22.0. The van der Waals surface area contributed by atoms with Crippen LogP contribution in [0.3, 0.4) is 0 Å². The molecule has 1 amide bonds. The number of esters is 1. The number of hydrogen-bond donors (Lipinski definition) is 1. The molecule has 0 radical (unpaired) electrons. The Morgan fingerprint density at radius 1 is 1.22 bits per heavy atom. The van der Waals surface area contributed by atoms with Gasteiger partial charge in [-0.1, -0.05) is 26.8 Å². The van der Waals surface area contributed by atoms with Gasteiger partial charge in [0.05, 0.1) is 6.10 Å². The van der Waals surface area contributed by atoms with Gasteiger partial charge >= 0.3 is 5.97 Å². The maximum atomic E-state index is 17.4. The molecular weight excluding hydrogens is 504 g/mol. The van der Waals surface area contributed by atoms with Crippen molar-refractivity contribution in [3.63, 3.8) is 0 Å². The Balaban J connectivity index is 1.86. The Kier molecular flexibility index (Phi) is 6.80. The molecule has 0 aliphatic heterocycles. The molecule has 0 aromatic rings. The van der Waals surface area contributed by atoms with Gasteiger partial charge in [0.25, 0.3) is 5.24 Å². The number of rotatable bonds is 3. The molecule has 3 saturated carbocycles. The minimum atomic E-state index is -2.32. The van der Waals surface area contributed by atoms with E-state index in [0.29, 0.717) is 11.8 Å². The topological polar surface area (TPSA) is 101 Å². The fourth-order valence-electron chi connectivity index (χ4n) is 7.72. The number of allylic oxidation sites excluding steroid dienone is 4. The van der Waals surface area contributed by atoms with Crippen LogP contribution in [-0.4, -0.2) is 69.8 Å². The summed E-state index contributed by atoms with van der Waals surface area (Å²) in [5.41, 5.74) is -6.94. The van der Waals surface area contributed by atoms with Crippen LogP contribution in [-0.2, 0) is 19.1 Å². The molecule has 1 unspecified atom stereocenters. The summed E-state index contributed by atoms with van der Waals surface area (Å²) >= 11 is 0.426. The molecule has 4 aliphatic carbocycles. The number of halogens is 2. The van der Waals surface area contributed by atoms with Gasteiger partial charge in [-0.05, 0) is 49.8 Å². The molecule has 0 bridgehead atoms. The Morgan fingerprint density at radius 3 is 2.46 bits per heavy atom. The van der Waals surface area contributed by atoms with Gasteiger partial charge in [-0.15, -0.1) is 0 Å². The first-order valence-corrected chi connectivity index (χ1v) is 13.5. The van der Waals surface area contributed by atoms with Crippen LogP contribution >= 0.6 is 11.8 Å². The van der Waals surface area contributed by atoms with Crippen LogP contribution in [0.1, 0.15) is 53.4 Å². The van der Waals surface area contributed by atoms with Crippen LogP contribution in [0.25, 0.3) is 0 Å². The molecule has 3 fully saturated rings. The van der Waals surface area contributed by atoms with E-state index in [1.165, 1.54) is 38.1 Å². The number of alkyl halides is 2. The lowest BCUT2D eigenvalue weighted by Crippen LogP contribution is -2.70. The summed E-state index contributed by atoms with van der Waals surface area (Å²) in [5, 5.41) is 10.3. The first-order chi connectivity index (χ1) is 17.1. The number of fused-ring (bicyclic) bond motifs is 5. The first-order valence-electron chi connectivity index (χ1n) is 12.7. The predicted octanol–water partition coefficient (Wildman–Crippen LogP) is 4.18. The fraction of sp³-hybridized carbons (Fsp3) is 0.704. The van der Waals surface area contributed by atoms with Crippen molar-refractivity contribution in [2.75, 3.05) is 14.1 Å². The van der Waals surface area contributed by atoms with E-state index >= 15 is 8.78 Å². The number of ether oxygens (including phenoxy) is 1. The van der Waals surface area contributed by atoms with Gasteiger partial charge in [0.15, 0.2) is 17.1 Å². The smallest absolute Gasteiger partial charge is 0.306 e. The largest absolute Gasteiger partial charge is 0.449 e. The Hall–Kier alpha value is -2.07. The van der Waals surface area contributed by atoms with E-state index in [2.05, 4.69) is 0 Å². The molecule has 204 valence electrons. The van der Waals surface area contributed by atoms with Crippen molar-refractivity contribution in [2.45, 2.75) is 76.9 Å². The SMILES string of the molecule is CCC(=O)O[C@]1(C(=O)SC(=O)N(C)C)[C@H](C)C[C@H]2[C@@H]3C[C@H](F)C4=CC(=O)C=CC4(C)[C@@]3(F)[C@@H](O)C[C@@]21C. The van der Waals surface area contributed by atoms with Gasteiger partial charge in [0.1, 0.15) is 6.17 Å². The van der Waals surface area contributed by atoms with Crippen molar-refractivity contribution in [1.82, 2.24) is 4.90 Å². The molecule has 4 aliphatic rings. The fourth-order valence-corrected chi connectivity index (χ4v) is 8.68. The van der Waals surface area contributed by atoms with Crippen LogP contribution in [0.4, 0.5) is 13.6 Å². The quantitative estimate of drug-likeness (QED) is 0.537. The van der Waals surface area contributed by atoms with Crippen LogP contribution in [0.15, 0.2) is 23.8 Å². The highest BCUT2D eigenvalue weighted by molar-refractivity contribution is 8.26. The molecule has 7 nitrogen and oxygen atoms in total. The summed E-state index contributed by atoms with van der Waals surface area (Å²) in [5.74, 6) is -3.36. The maximum Gasteiger partial charge on any atom is 0.306 e. The van der Waals surface area contributed by atoms with Crippen molar-refractivity contribution >= 4 is 33.9 Å². The van der Waals surface area contributed by atoms with Gasteiger partial charge in [0, 0.05) is 54.9 Å². The Labute approximate surface area is 220 Å². The zero-order valence-corrected chi connectivity index (χ0v) is 22.9. The summed E-state index contributed by atoms with van der Waals surface area (Å²) in [6, 6.07) is 0. The molecule has 0 aromatic heterocycles. The number of carbonyl (C=O) groups excluding carboxylic acids is 4. The second-order valence-corrected chi connectivity index (χ2v) is 12.5. The zero-order chi connectivity index (χ0) is 27.7. The molecule has 9 atom stereocenters. The van der Waals surface area contributed by atoms with Crippen molar-refractivity contribution < 1.29 is 37.8 Å². The third-order valence-electron chi connectivity index (χ3n) is 9.58.